The number of aromatic nitrogens is 2. The molecule has 0 unspecified atom stereocenters. The van der Waals surface area contributed by atoms with E-state index in [9.17, 15) is 13.2 Å². The minimum absolute atomic E-state index is 0.00312. The highest BCUT2D eigenvalue weighted by atomic mass is 32.2. The number of benzene rings is 1. The Kier molecular flexibility index (Phi) is 6.67. The number of piperazine rings is 1. The van der Waals surface area contributed by atoms with Crippen LogP contribution in [-0.2, 0) is 14.8 Å². The minimum Gasteiger partial charge on any atom is -0.339 e. The van der Waals surface area contributed by atoms with E-state index in [2.05, 4.69) is 10.2 Å². The molecule has 158 valence electrons. The third-order valence-electron chi connectivity index (χ3n) is 5.78. The molecular formula is C19H26N4O3S3. The van der Waals surface area contributed by atoms with E-state index in [4.69, 9.17) is 0 Å². The fourth-order valence-corrected chi connectivity index (χ4v) is 6.97. The Hall–Kier alpha value is -1.49. The maximum Gasteiger partial charge on any atom is 0.243 e. The molecule has 1 aliphatic heterocycles. The lowest BCUT2D eigenvalue weighted by molar-refractivity contribution is -0.129. The van der Waals surface area contributed by atoms with Gasteiger partial charge >= 0.3 is 0 Å². The van der Waals surface area contributed by atoms with Gasteiger partial charge in [-0.3, -0.25) is 4.79 Å². The topological polar surface area (TPSA) is 83.5 Å². The van der Waals surface area contributed by atoms with E-state index in [0.29, 0.717) is 31.1 Å². The summed E-state index contributed by atoms with van der Waals surface area (Å²) < 4.78 is 29.1. The van der Waals surface area contributed by atoms with Crippen molar-refractivity contribution < 1.29 is 13.2 Å². The van der Waals surface area contributed by atoms with Crippen molar-refractivity contribution in [3.63, 3.8) is 0 Å². The maximum atomic E-state index is 13.4. The van der Waals surface area contributed by atoms with Crippen molar-refractivity contribution in [1.82, 2.24) is 19.4 Å². The van der Waals surface area contributed by atoms with Crippen molar-refractivity contribution in [3.8, 4) is 0 Å². The summed E-state index contributed by atoms with van der Waals surface area (Å²) in [6, 6.07) is 0. The predicted octanol–water partition coefficient (Wildman–Crippen LogP) is 2.71. The molecule has 2 heterocycles. The van der Waals surface area contributed by atoms with E-state index < -0.39 is 10.0 Å². The molecular weight excluding hydrogens is 428 g/mol. The van der Waals surface area contributed by atoms with Crippen LogP contribution in [0.3, 0.4) is 0 Å². The summed E-state index contributed by atoms with van der Waals surface area (Å²) in [5, 5.41) is 7.68. The molecule has 1 aromatic heterocycles. The van der Waals surface area contributed by atoms with Crippen molar-refractivity contribution in [2.24, 2.45) is 0 Å². The van der Waals surface area contributed by atoms with Crippen LogP contribution in [0.2, 0.25) is 0 Å². The third-order valence-corrected chi connectivity index (χ3v) is 9.80. The van der Waals surface area contributed by atoms with Gasteiger partial charge in [-0.15, -0.1) is 10.2 Å². The van der Waals surface area contributed by atoms with Gasteiger partial charge in [0.05, 0.1) is 10.6 Å². The zero-order valence-electron chi connectivity index (χ0n) is 17.4. The van der Waals surface area contributed by atoms with Crippen molar-refractivity contribution >= 4 is 39.0 Å². The molecule has 0 aliphatic carbocycles. The van der Waals surface area contributed by atoms with E-state index in [1.165, 1.54) is 27.4 Å². The zero-order chi connectivity index (χ0) is 21.3. The van der Waals surface area contributed by atoms with Crippen LogP contribution in [0.5, 0.6) is 0 Å². The van der Waals surface area contributed by atoms with Crippen LogP contribution in [0.1, 0.15) is 27.8 Å². The van der Waals surface area contributed by atoms with Crippen LogP contribution in [0.25, 0.3) is 0 Å². The zero-order valence-corrected chi connectivity index (χ0v) is 19.8. The fourth-order valence-electron chi connectivity index (χ4n) is 3.60. The Balaban J connectivity index is 1.71. The number of carbonyl (C=O) groups is 1. The summed E-state index contributed by atoms with van der Waals surface area (Å²) in [5.41, 5.74) is 6.45. The fraction of sp³-hybridized carbons (Fsp3) is 0.526. The van der Waals surface area contributed by atoms with Gasteiger partial charge in [0.25, 0.3) is 0 Å². The van der Waals surface area contributed by atoms with Crippen LogP contribution in [0, 0.1) is 34.6 Å². The minimum atomic E-state index is -3.61. The van der Waals surface area contributed by atoms with Gasteiger partial charge in [0.1, 0.15) is 5.51 Å². The highest BCUT2D eigenvalue weighted by Gasteiger charge is 2.33. The van der Waals surface area contributed by atoms with Gasteiger partial charge in [0.15, 0.2) is 4.34 Å². The smallest absolute Gasteiger partial charge is 0.243 e. The first-order chi connectivity index (χ1) is 13.6. The third kappa shape index (κ3) is 4.35. The highest BCUT2D eigenvalue weighted by molar-refractivity contribution is 8.01. The van der Waals surface area contributed by atoms with Gasteiger partial charge in [-0.05, 0) is 62.4 Å². The number of nitrogens with zero attached hydrogens (tertiary/aromatic N) is 4. The molecule has 29 heavy (non-hydrogen) atoms. The molecule has 0 radical (unpaired) electrons. The second kappa shape index (κ2) is 8.71. The summed E-state index contributed by atoms with van der Waals surface area (Å²) in [5.74, 6) is 0.285. The first-order valence-electron chi connectivity index (χ1n) is 9.38. The lowest BCUT2D eigenvalue weighted by atomic mass is 9.95. The molecule has 1 aromatic carbocycles. The molecule has 1 fully saturated rings. The van der Waals surface area contributed by atoms with Crippen LogP contribution < -0.4 is 0 Å². The number of thioether (sulfide) groups is 1. The molecule has 7 nitrogen and oxygen atoms in total. The quantitative estimate of drug-likeness (QED) is 0.646. The van der Waals surface area contributed by atoms with Crippen LogP contribution >= 0.6 is 23.1 Å². The van der Waals surface area contributed by atoms with Crippen LogP contribution in [-0.4, -0.2) is 65.7 Å². The molecule has 0 atom stereocenters. The van der Waals surface area contributed by atoms with E-state index in [0.717, 1.165) is 32.2 Å². The first kappa shape index (κ1) is 22.2. The summed E-state index contributed by atoms with van der Waals surface area (Å²) in [6.45, 7) is 11.2. The van der Waals surface area contributed by atoms with Crippen molar-refractivity contribution in [3.05, 3.63) is 33.3 Å². The lowest BCUT2D eigenvalue weighted by Crippen LogP contribution is -2.51. The Labute approximate surface area is 180 Å². The van der Waals surface area contributed by atoms with Gasteiger partial charge in [-0.2, -0.15) is 4.31 Å². The van der Waals surface area contributed by atoms with E-state index >= 15 is 0 Å². The Morgan fingerprint density at radius 2 is 1.55 bits per heavy atom. The summed E-state index contributed by atoms with van der Waals surface area (Å²) in [7, 11) is -3.61. The van der Waals surface area contributed by atoms with Crippen LogP contribution in [0.4, 0.5) is 0 Å². The predicted molar refractivity (Wildman–Crippen MR) is 116 cm³/mol. The number of amides is 1. The molecule has 1 saturated heterocycles. The lowest BCUT2D eigenvalue weighted by Gasteiger charge is -2.35. The van der Waals surface area contributed by atoms with E-state index in [-0.39, 0.29) is 11.7 Å². The summed E-state index contributed by atoms with van der Waals surface area (Å²) >= 11 is 2.76. The molecule has 0 spiro atoms. The molecule has 10 heteroatoms. The van der Waals surface area contributed by atoms with Gasteiger partial charge in [-0.25, -0.2) is 8.42 Å². The molecule has 0 bridgehead atoms. The Morgan fingerprint density at radius 1 is 1.00 bits per heavy atom. The van der Waals surface area contributed by atoms with Gasteiger partial charge in [0.2, 0.25) is 15.9 Å². The molecule has 3 rings (SSSR count). The Morgan fingerprint density at radius 3 is 2.07 bits per heavy atom. The monoisotopic (exact) mass is 454 g/mol. The molecule has 0 N–H and O–H groups in total. The van der Waals surface area contributed by atoms with Crippen molar-refractivity contribution in [2.45, 2.75) is 43.9 Å². The average Bonchev–Trinajstić information content (AvgIpc) is 3.22. The van der Waals surface area contributed by atoms with Crippen molar-refractivity contribution in [1.29, 1.82) is 0 Å². The number of rotatable bonds is 5. The van der Waals surface area contributed by atoms with E-state index in [1.807, 2.05) is 34.6 Å². The standard InChI is InChI=1S/C19H26N4O3S3/c1-12-13(2)15(4)18(16(5)14(12)3)29(25,26)23-8-6-22(7-9-23)17(24)10-27-19-21-20-11-28-19/h11H,6-10H2,1-5H3. The normalized spacial score (nSPS) is 15.7. The van der Waals surface area contributed by atoms with Gasteiger partial charge in [0, 0.05) is 26.2 Å². The number of carbonyl (C=O) groups excluding carboxylic acids is 1. The molecule has 0 saturated carbocycles. The van der Waals surface area contributed by atoms with E-state index in [1.54, 1.807) is 10.4 Å². The highest BCUT2D eigenvalue weighted by Crippen LogP contribution is 2.32. The van der Waals surface area contributed by atoms with Gasteiger partial charge < -0.3 is 4.90 Å². The largest absolute Gasteiger partial charge is 0.339 e. The second-order valence-electron chi connectivity index (χ2n) is 7.23. The number of sulfonamides is 1. The maximum absolute atomic E-state index is 13.4. The molecule has 1 aliphatic rings. The number of hydrogen-bond acceptors (Lipinski definition) is 7. The summed E-state index contributed by atoms with van der Waals surface area (Å²) in [4.78, 5) is 14.6. The average molecular weight is 455 g/mol. The van der Waals surface area contributed by atoms with Crippen molar-refractivity contribution in [2.75, 3.05) is 31.9 Å². The van der Waals surface area contributed by atoms with Crippen LogP contribution in [0.15, 0.2) is 14.7 Å². The second-order valence-corrected chi connectivity index (χ2v) is 11.2. The molecule has 2 aromatic rings. The SMILES string of the molecule is Cc1c(C)c(C)c(S(=O)(=O)N2CCN(C(=O)CSc3nncs3)CC2)c(C)c1C. The summed E-state index contributed by atoms with van der Waals surface area (Å²) in [6.07, 6.45) is 0. The van der Waals surface area contributed by atoms with Gasteiger partial charge in [-0.1, -0.05) is 23.1 Å². The number of hydrogen-bond donors (Lipinski definition) is 0. The first-order valence-corrected chi connectivity index (χ1v) is 12.7. The Bertz CT molecular complexity index is 983. The molecule has 1 amide bonds.